The van der Waals surface area contributed by atoms with Crippen molar-refractivity contribution >= 4 is 17.2 Å². The standard InChI is InChI=1S/C16H26N2O2S/c1-13-4-2-3-5-15(13)17-16(20)11-18(7-8-19)10-14-6-9-21-12-14/h6,9,12-13,15,19H,2-5,7-8,10-11H2,1H3,(H,17,20)/t13-,15-/m0/s1. The molecule has 1 fully saturated rings. The Hall–Kier alpha value is -0.910. The molecule has 0 unspecified atom stereocenters. The van der Waals surface area contributed by atoms with Gasteiger partial charge in [-0.15, -0.1) is 0 Å². The maximum Gasteiger partial charge on any atom is 0.234 e. The SMILES string of the molecule is C[C@H]1CCCC[C@@H]1NC(=O)CN(CCO)Cc1ccsc1. The molecule has 1 amide bonds. The van der Waals surface area contributed by atoms with Crippen molar-refractivity contribution in [2.24, 2.45) is 5.92 Å². The molecule has 1 aromatic rings. The monoisotopic (exact) mass is 310 g/mol. The number of carbonyl (C=O) groups excluding carboxylic acids is 1. The van der Waals surface area contributed by atoms with Gasteiger partial charge in [0.05, 0.1) is 13.2 Å². The average molecular weight is 310 g/mol. The van der Waals surface area contributed by atoms with Gasteiger partial charge >= 0.3 is 0 Å². The summed E-state index contributed by atoms with van der Waals surface area (Å²) in [7, 11) is 0. The third-order valence-corrected chi connectivity index (χ3v) is 4.96. The van der Waals surface area contributed by atoms with Gasteiger partial charge in [-0.1, -0.05) is 19.8 Å². The molecule has 2 rings (SSSR count). The second-order valence-corrected chi connectivity index (χ2v) is 6.78. The van der Waals surface area contributed by atoms with Crippen LogP contribution in [0.4, 0.5) is 0 Å². The molecular weight excluding hydrogens is 284 g/mol. The van der Waals surface area contributed by atoms with Crippen LogP contribution < -0.4 is 5.32 Å². The fraction of sp³-hybridized carbons (Fsp3) is 0.688. The predicted molar refractivity (Wildman–Crippen MR) is 86.2 cm³/mol. The van der Waals surface area contributed by atoms with E-state index >= 15 is 0 Å². The van der Waals surface area contributed by atoms with Crippen LogP contribution in [0.3, 0.4) is 0 Å². The molecule has 0 bridgehead atoms. The number of thiophene rings is 1. The summed E-state index contributed by atoms with van der Waals surface area (Å²) in [4.78, 5) is 14.2. The summed E-state index contributed by atoms with van der Waals surface area (Å²) in [5.74, 6) is 0.656. The lowest BCUT2D eigenvalue weighted by Gasteiger charge is -2.30. The zero-order chi connectivity index (χ0) is 15.1. The van der Waals surface area contributed by atoms with Crippen molar-refractivity contribution in [3.8, 4) is 0 Å². The topological polar surface area (TPSA) is 52.6 Å². The summed E-state index contributed by atoms with van der Waals surface area (Å²) in [6, 6.07) is 2.39. The highest BCUT2D eigenvalue weighted by Gasteiger charge is 2.23. The number of amides is 1. The highest BCUT2D eigenvalue weighted by atomic mass is 32.1. The Kier molecular flexibility index (Phi) is 6.67. The van der Waals surface area contributed by atoms with Gasteiger partial charge in [0.2, 0.25) is 5.91 Å². The van der Waals surface area contributed by atoms with Crippen molar-refractivity contribution in [1.82, 2.24) is 10.2 Å². The third-order valence-electron chi connectivity index (χ3n) is 4.23. The average Bonchev–Trinajstić information content (AvgIpc) is 2.94. The number of aliphatic hydroxyl groups is 1. The predicted octanol–water partition coefficient (Wildman–Crippen LogP) is 2.24. The molecule has 2 N–H and O–H groups in total. The molecule has 1 aliphatic carbocycles. The number of nitrogens with one attached hydrogen (secondary N) is 1. The number of hydrogen-bond donors (Lipinski definition) is 2. The van der Waals surface area contributed by atoms with Gasteiger partial charge in [0, 0.05) is 19.1 Å². The highest BCUT2D eigenvalue weighted by Crippen LogP contribution is 2.23. The second-order valence-electron chi connectivity index (χ2n) is 6.00. The summed E-state index contributed by atoms with van der Waals surface area (Å²) < 4.78 is 0. The summed E-state index contributed by atoms with van der Waals surface area (Å²) >= 11 is 1.66. The van der Waals surface area contributed by atoms with Gasteiger partial charge in [0.15, 0.2) is 0 Å². The van der Waals surface area contributed by atoms with Crippen molar-refractivity contribution in [3.63, 3.8) is 0 Å². The van der Waals surface area contributed by atoms with Crippen molar-refractivity contribution in [2.75, 3.05) is 19.7 Å². The van der Waals surface area contributed by atoms with Crippen LogP contribution in [-0.4, -0.2) is 41.7 Å². The van der Waals surface area contributed by atoms with Crippen LogP contribution in [0.5, 0.6) is 0 Å². The molecule has 1 saturated carbocycles. The van der Waals surface area contributed by atoms with Crippen LogP contribution >= 0.6 is 11.3 Å². The quantitative estimate of drug-likeness (QED) is 0.812. The molecule has 1 heterocycles. The van der Waals surface area contributed by atoms with Gasteiger partial charge in [0.1, 0.15) is 0 Å². The van der Waals surface area contributed by atoms with Gasteiger partial charge in [-0.25, -0.2) is 0 Å². The van der Waals surface area contributed by atoms with E-state index in [1.165, 1.54) is 24.8 Å². The Morgan fingerprint density at radius 1 is 1.48 bits per heavy atom. The Balaban J connectivity index is 1.82. The molecule has 0 radical (unpaired) electrons. The first-order valence-electron chi connectivity index (χ1n) is 7.82. The summed E-state index contributed by atoms with van der Waals surface area (Å²) in [5.41, 5.74) is 1.20. The number of nitrogens with zero attached hydrogens (tertiary/aromatic N) is 1. The molecule has 0 aliphatic heterocycles. The van der Waals surface area contributed by atoms with E-state index in [1.807, 2.05) is 10.3 Å². The Bertz CT molecular complexity index is 422. The minimum absolute atomic E-state index is 0.0806. The number of carbonyl (C=O) groups is 1. The minimum atomic E-state index is 0.0806. The van der Waals surface area contributed by atoms with E-state index in [2.05, 4.69) is 23.7 Å². The van der Waals surface area contributed by atoms with E-state index in [4.69, 9.17) is 0 Å². The van der Waals surface area contributed by atoms with Crippen molar-refractivity contribution in [2.45, 2.75) is 45.2 Å². The highest BCUT2D eigenvalue weighted by molar-refractivity contribution is 7.07. The first-order valence-corrected chi connectivity index (χ1v) is 8.77. The van der Waals surface area contributed by atoms with E-state index < -0.39 is 0 Å². The summed E-state index contributed by atoms with van der Waals surface area (Å²) in [5, 5.41) is 16.5. The molecular formula is C16H26N2O2S. The lowest BCUT2D eigenvalue weighted by atomic mass is 9.86. The Morgan fingerprint density at radius 2 is 2.29 bits per heavy atom. The van der Waals surface area contributed by atoms with Gasteiger partial charge in [-0.05, 0) is 41.1 Å². The molecule has 1 aromatic heterocycles. The molecule has 4 nitrogen and oxygen atoms in total. The van der Waals surface area contributed by atoms with Crippen molar-refractivity contribution < 1.29 is 9.90 Å². The molecule has 0 aromatic carbocycles. The zero-order valence-corrected chi connectivity index (χ0v) is 13.6. The van der Waals surface area contributed by atoms with Crippen LogP contribution in [-0.2, 0) is 11.3 Å². The molecule has 1 aliphatic rings. The number of aliphatic hydroxyl groups excluding tert-OH is 1. The Morgan fingerprint density at radius 3 is 2.95 bits per heavy atom. The molecule has 0 saturated heterocycles. The van der Waals surface area contributed by atoms with E-state index in [0.717, 1.165) is 13.0 Å². The van der Waals surface area contributed by atoms with Crippen molar-refractivity contribution in [3.05, 3.63) is 22.4 Å². The van der Waals surface area contributed by atoms with Gasteiger partial charge in [-0.2, -0.15) is 11.3 Å². The van der Waals surface area contributed by atoms with Gasteiger partial charge < -0.3 is 10.4 Å². The maximum atomic E-state index is 12.2. The Labute approximate surface area is 131 Å². The zero-order valence-electron chi connectivity index (χ0n) is 12.8. The van der Waals surface area contributed by atoms with Crippen molar-refractivity contribution in [1.29, 1.82) is 0 Å². The fourth-order valence-corrected chi connectivity index (χ4v) is 3.64. The van der Waals surface area contributed by atoms with E-state index in [0.29, 0.717) is 25.0 Å². The van der Waals surface area contributed by atoms with Crippen LogP contribution in [0, 0.1) is 5.92 Å². The summed E-state index contributed by atoms with van der Waals surface area (Å²) in [6.07, 6.45) is 4.80. The first-order chi connectivity index (χ1) is 10.2. The largest absolute Gasteiger partial charge is 0.395 e. The van der Waals surface area contributed by atoms with Crippen LogP contribution in [0.15, 0.2) is 16.8 Å². The van der Waals surface area contributed by atoms with E-state index in [1.54, 1.807) is 11.3 Å². The van der Waals surface area contributed by atoms with Gasteiger partial charge in [0.25, 0.3) is 0 Å². The van der Waals surface area contributed by atoms with Crippen LogP contribution in [0.25, 0.3) is 0 Å². The van der Waals surface area contributed by atoms with Crippen LogP contribution in [0.2, 0.25) is 0 Å². The second kappa shape index (κ2) is 8.51. The lowest BCUT2D eigenvalue weighted by molar-refractivity contribution is -0.123. The normalized spacial score (nSPS) is 22.4. The number of hydrogen-bond acceptors (Lipinski definition) is 4. The molecule has 0 spiro atoms. The van der Waals surface area contributed by atoms with Crippen LogP contribution in [0.1, 0.15) is 38.2 Å². The maximum absolute atomic E-state index is 12.2. The smallest absolute Gasteiger partial charge is 0.234 e. The lowest BCUT2D eigenvalue weighted by Crippen LogP contribution is -2.46. The minimum Gasteiger partial charge on any atom is -0.395 e. The molecule has 21 heavy (non-hydrogen) atoms. The molecule has 118 valence electrons. The molecule has 2 atom stereocenters. The molecule has 5 heteroatoms. The van der Waals surface area contributed by atoms with E-state index in [-0.39, 0.29) is 12.5 Å². The van der Waals surface area contributed by atoms with E-state index in [9.17, 15) is 9.90 Å². The first kappa shape index (κ1) is 16.5. The fourth-order valence-electron chi connectivity index (χ4n) is 2.98. The third kappa shape index (κ3) is 5.41. The van der Waals surface area contributed by atoms with Gasteiger partial charge in [-0.3, -0.25) is 9.69 Å². The number of rotatable bonds is 7. The summed E-state index contributed by atoms with van der Waals surface area (Å²) in [6.45, 7) is 3.92.